The number of anilines is 2. The molecule has 6 heterocycles. The number of methoxy groups -OCH3 is 3. The molecular weight excluding hydrogens is 1620 g/mol. The number of amides is 3. The van der Waals surface area contributed by atoms with Crippen molar-refractivity contribution in [2.75, 3.05) is 152 Å². The lowest BCUT2D eigenvalue weighted by atomic mass is 9.78. The predicted octanol–water partition coefficient (Wildman–Crippen LogP) is 8.71. The predicted molar refractivity (Wildman–Crippen MR) is 464 cm³/mol. The van der Waals surface area contributed by atoms with Crippen molar-refractivity contribution in [3.05, 3.63) is 108 Å². The number of oxazole rings is 1. The van der Waals surface area contributed by atoms with Crippen LogP contribution in [0, 0.1) is 35.5 Å². The Morgan fingerprint density at radius 3 is 1.98 bits per heavy atom. The maximum atomic E-state index is 14.8. The number of ether oxygens (including phenoxy) is 14. The number of fused-ring (bicyclic) bond motifs is 5. The van der Waals surface area contributed by atoms with Crippen LogP contribution < -0.4 is 22.1 Å². The molecular formula is C91H134N10O24. The van der Waals surface area contributed by atoms with Gasteiger partial charge in [0.15, 0.2) is 17.0 Å². The molecule has 5 aromatic rings. The van der Waals surface area contributed by atoms with Crippen LogP contribution in [0.15, 0.2) is 101 Å². The number of nitrogens with zero attached hydrogens (tertiary/aromatic N) is 6. The number of nitrogens with one attached hydrogen (secondary N) is 2. The molecule has 4 aliphatic rings. The fraction of sp³-hybridized carbons (Fsp3) is 0.648. The number of ketones is 2. The van der Waals surface area contributed by atoms with Crippen LogP contribution in [-0.2, 0) is 103 Å². The molecule has 2 aromatic carbocycles. The molecule has 2 saturated heterocycles. The molecule has 34 nitrogen and oxygen atoms in total. The number of alkyl carbamates (subject to hydrolysis) is 1. The number of carbonyl (C=O) groups is 6. The van der Waals surface area contributed by atoms with E-state index in [1.54, 1.807) is 51.8 Å². The number of esters is 1. The summed E-state index contributed by atoms with van der Waals surface area (Å²) in [6.45, 7) is 19.5. The number of carbonyl (C=O) groups excluding carboxylic acids is 6. The largest absolute Gasteiger partial charge is 0.460 e. The van der Waals surface area contributed by atoms with Gasteiger partial charge in [0.1, 0.15) is 53.8 Å². The van der Waals surface area contributed by atoms with Gasteiger partial charge in [-0.15, -0.1) is 0 Å². The molecule has 3 amide bonds. The van der Waals surface area contributed by atoms with Gasteiger partial charge in [-0.1, -0.05) is 95.3 Å². The highest BCUT2D eigenvalue weighted by Gasteiger charge is 2.53. The van der Waals surface area contributed by atoms with Gasteiger partial charge in [0.25, 0.3) is 17.7 Å². The number of cyclic esters (lactones) is 1. The summed E-state index contributed by atoms with van der Waals surface area (Å²) in [6, 6.07) is 12.3. The summed E-state index contributed by atoms with van der Waals surface area (Å²) in [5, 5.41) is 47.1. The molecule has 125 heavy (non-hydrogen) atoms. The highest BCUT2D eigenvalue weighted by molar-refractivity contribution is 6.39. The van der Waals surface area contributed by atoms with Gasteiger partial charge in [0.05, 0.1) is 142 Å². The van der Waals surface area contributed by atoms with E-state index in [0.29, 0.717) is 203 Å². The van der Waals surface area contributed by atoms with Gasteiger partial charge in [0, 0.05) is 83.5 Å². The first kappa shape index (κ1) is 100. The quantitative estimate of drug-likeness (QED) is 0.00836. The van der Waals surface area contributed by atoms with Crippen LogP contribution in [0.25, 0.3) is 33.4 Å². The third-order valence-electron chi connectivity index (χ3n) is 23.6. The van der Waals surface area contributed by atoms with E-state index in [1.165, 1.54) is 18.3 Å². The number of rotatable bonds is 39. The Hall–Kier alpha value is -8.56. The van der Waals surface area contributed by atoms with E-state index in [2.05, 4.69) is 25.6 Å². The second-order valence-corrected chi connectivity index (χ2v) is 33.0. The number of benzene rings is 2. The Morgan fingerprint density at radius 1 is 0.688 bits per heavy atom. The Bertz CT molecular complexity index is 4310. The van der Waals surface area contributed by atoms with Crippen molar-refractivity contribution in [1.82, 2.24) is 40.3 Å². The summed E-state index contributed by atoms with van der Waals surface area (Å²) >= 11 is 0. The van der Waals surface area contributed by atoms with Crippen molar-refractivity contribution in [3.63, 3.8) is 0 Å². The van der Waals surface area contributed by atoms with Crippen LogP contribution in [0.3, 0.4) is 0 Å². The molecule has 1 saturated carbocycles. The van der Waals surface area contributed by atoms with Gasteiger partial charge in [-0.25, -0.2) is 24.2 Å². The number of aliphatic hydroxyl groups excluding tert-OH is 2. The second kappa shape index (κ2) is 52.0. The lowest BCUT2D eigenvalue weighted by Crippen LogP contribution is -2.61. The Labute approximate surface area is 732 Å². The topological polar surface area (TPSA) is 441 Å². The highest BCUT2D eigenvalue weighted by atomic mass is 16.6. The first-order valence-corrected chi connectivity index (χ1v) is 44.0. The van der Waals surface area contributed by atoms with Crippen molar-refractivity contribution in [1.29, 1.82) is 0 Å². The van der Waals surface area contributed by atoms with E-state index in [4.69, 9.17) is 87.3 Å². The lowest BCUT2D eigenvalue weighted by Gasteiger charge is -2.43. The average Bonchev–Trinajstić information content (AvgIpc) is 1.71. The lowest BCUT2D eigenvalue weighted by molar-refractivity contribution is -0.265. The molecule has 692 valence electrons. The molecule has 0 spiro atoms. The highest BCUT2D eigenvalue weighted by Crippen LogP contribution is 2.40. The number of hydrogen-bond donors (Lipinski definition) is 7. The Balaban J connectivity index is 0.595. The SMILES string of the molecule is CO[C@H]1C[C@@H]2CC[C@@H](C)[C@@](O)(O2)C(=O)C(=O)N2CCCC[C@H]2C(=O)O[C@H]([C@H](C)C[C@@H]2CC[C@@H](OC(=O)NCCOCCOCCOCCOCCOCCOCCOCCOCCC(=O)NCc3ccc(Cn4nc(-c5ccc6oc(N)nc6c5)c5c(N)ncnc54)cc3)[C@H](OC)C2)C[C@@H](O)[C@H](C)/C=C(\C)[C@@H](O)[C@@H](OC)C(=O)[C@H](C)C[C@H](C)/C=C/C=CC=C1C. The van der Waals surface area contributed by atoms with E-state index in [1.807, 2.05) is 94.5 Å². The van der Waals surface area contributed by atoms with E-state index < -0.39 is 102 Å². The number of nitrogens with two attached hydrogens (primary N) is 2. The Kier molecular flexibility index (Phi) is 41.7. The van der Waals surface area contributed by atoms with Crippen molar-refractivity contribution in [2.45, 2.75) is 206 Å². The average molecular weight is 1750 g/mol. The maximum Gasteiger partial charge on any atom is 0.407 e. The standard InChI is InChI=1S/C91H134N10O24/c1-58-16-12-11-13-17-59(2)75(111-8)53-69-26-19-64(7)91(110,125-69)84(106)87(107)100-31-15-14-18-71(100)88(108)122-76(54-72(102)60(3)49-63(6)82(105)83(113-10)81(104)62(5)48-58)61(4)50-67-24-27-74(77(51-67)112-9)124-90(109)94-30-33-115-35-37-117-39-41-119-43-45-121-47-46-120-44-42-118-40-38-116-36-34-114-32-29-78(103)95-55-65-20-22-66(23-21-65)56-101-86-79(85(92)96-57-97-86)80(99-101)68-25-28-73-70(52-68)98-89(93)123-73/h11-13,16-17,20-23,25,28,49,52,57-58,60-62,64,67,69,71-72,74-77,82-83,102,105,110H,14-15,18-19,24,26-27,29-48,50-51,53-56H2,1-10H3,(H2,93,98)(H,94,109)(H,95,103)(H2,92,96,97)/b13-11?,16-12+,59-17?,63-49+/t58-,60-,61-,62-,64-,67+,69+,71+,72-,74-,75+,76+,77-,82-,83+,91-/m1/s1. The van der Waals surface area contributed by atoms with Gasteiger partial charge in [-0.05, 0) is 136 Å². The van der Waals surface area contributed by atoms with Crippen LogP contribution in [0.4, 0.5) is 16.6 Å². The van der Waals surface area contributed by atoms with Crippen molar-refractivity contribution in [3.8, 4) is 11.3 Å². The minimum atomic E-state index is -2.47. The number of piperidine rings is 1. The second-order valence-electron chi connectivity index (χ2n) is 33.0. The first-order chi connectivity index (χ1) is 60.3. The van der Waals surface area contributed by atoms with Gasteiger partial charge >= 0.3 is 12.1 Å². The van der Waals surface area contributed by atoms with E-state index >= 15 is 0 Å². The third kappa shape index (κ3) is 30.9. The zero-order valence-corrected chi connectivity index (χ0v) is 74.3. The van der Waals surface area contributed by atoms with Gasteiger partial charge in [-0.3, -0.25) is 19.2 Å². The maximum absolute atomic E-state index is 14.8. The van der Waals surface area contributed by atoms with Gasteiger partial charge in [0.2, 0.25) is 11.7 Å². The number of aromatic nitrogens is 5. The molecule has 9 rings (SSSR count). The van der Waals surface area contributed by atoms with Crippen LogP contribution in [-0.4, -0.2) is 281 Å². The number of Topliss-reactive ketones (excluding diaryl/α,β-unsaturated/α-hetero) is 2. The normalized spacial score (nSPS) is 26.6. The van der Waals surface area contributed by atoms with Crippen LogP contribution >= 0.6 is 0 Å². The van der Waals surface area contributed by atoms with Crippen molar-refractivity contribution in [2.24, 2.45) is 35.5 Å². The smallest absolute Gasteiger partial charge is 0.407 e. The minimum Gasteiger partial charge on any atom is -0.460 e. The number of aliphatic hydroxyl groups is 3. The number of allylic oxidation sites excluding steroid dienone is 5. The monoisotopic (exact) mass is 1750 g/mol. The molecule has 0 unspecified atom stereocenters. The van der Waals surface area contributed by atoms with Crippen molar-refractivity contribution >= 4 is 69.4 Å². The first-order valence-electron chi connectivity index (χ1n) is 44.0. The van der Waals surface area contributed by atoms with Crippen LogP contribution in [0.1, 0.15) is 143 Å². The minimum absolute atomic E-state index is 0.00433. The molecule has 2 bridgehead atoms. The molecule has 1 aliphatic carbocycles. The summed E-state index contributed by atoms with van der Waals surface area (Å²) in [5.41, 5.74) is 18.4. The number of nitrogen functional groups attached to an aromatic ring is 2. The summed E-state index contributed by atoms with van der Waals surface area (Å²) in [6.07, 6.45) is 10.5. The molecule has 3 fully saturated rings. The molecule has 3 aromatic heterocycles. The summed E-state index contributed by atoms with van der Waals surface area (Å²) < 4.78 is 88.1. The summed E-state index contributed by atoms with van der Waals surface area (Å²) in [4.78, 5) is 97.5. The fourth-order valence-corrected chi connectivity index (χ4v) is 16.2. The third-order valence-corrected chi connectivity index (χ3v) is 23.6. The van der Waals surface area contributed by atoms with E-state index in [-0.39, 0.29) is 87.4 Å². The van der Waals surface area contributed by atoms with Crippen LogP contribution in [0.5, 0.6) is 0 Å². The van der Waals surface area contributed by atoms with E-state index in [0.717, 1.165) is 22.3 Å². The zero-order chi connectivity index (χ0) is 89.8. The molecule has 9 N–H and O–H groups in total. The fourth-order valence-electron chi connectivity index (χ4n) is 16.2. The van der Waals surface area contributed by atoms with Gasteiger partial charge in [-0.2, -0.15) is 10.1 Å². The Morgan fingerprint density at radius 2 is 1.34 bits per heavy atom. The van der Waals surface area contributed by atoms with E-state index in [9.17, 15) is 44.1 Å². The molecule has 0 radical (unpaired) electrons. The summed E-state index contributed by atoms with van der Waals surface area (Å²) in [5.74, 6) is -7.74. The van der Waals surface area contributed by atoms with Crippen molar-refractivity contribution < 1.29 is 115 Å². The van der Waals surface area contributed by atoms with Gasteiger partial charge < -0.3 is 113 Å². The molecule has 3 aliphatic heterocycles. The van der Waals surface area contributed by atoms with Crippen LogP contribution in [0.2, 0.25) is 0 Å². The molecule has 16 atom stereocenters. The molecule has 34 heteroatoms. The summed E-state index contributed by atoms with van der Waals surface area (Å²) in [7, 11) is 4.52. The zero-order valence-electron chi connectivity index (χ0n) is 74.3. The number of hydrogen-bond acceptors (Lipinski definition) is 30.